The highest BCUT2D eigenvalue weighted by molar-refractivity contribution is 6.03. The molecule has 5 rings (SSSR count). The van der Waals surface area contributed by atoms with Crippen LogP contribution in [0.3, 0.4) is 0 Å². The predicted molar refractivity (Wildman–Crippen MR) is 156 cm³/mol. The quantitative estimate of drug-likeness (QED) is 0.281. The molecular weight excluding hydrogens is 516 g/mol. The molecule has 0 aliphatic rings. The molecule has 0 bridgehead atoms. The Morgan fingerprint density at radius 3 is 2.59 bits per heavy atom. The Hall–Kier alpha value is -5.43. The van der Waals surface area contributed by atoms with Gasteiger partial charge in [0.25, 0.3) is 5.91 Å². The van der Waals surface area contributed by atoms with Gasteiger partial charge in [-0.25, -0.2) is 4.98 Å². The molecule has 0 spiro atoms. The van der Waals surface area contributed by atoms with Gasteiger partial charge in [-0.3, -0.25) is 14.8 Å². The summed E-state index contributed by atoms with van der Waals surface area (Å²) in [6.45, 7) is 4.26. The van der Waals surface area contributed by atoms with Crippen LogP contribution in [0.2, 0.25) is 0 Å². The Morgan fingerprint density at radius 1 is 1.02 bits per heavy atom. The second-order valence-corrected chi connectivity index (χ2v) is 10.1. The summed E-state index contributed by atoms with van der Waals surface area (Å²) in [6.07, 6.45) is 6.49. The molecule has 0 fully saturated rings. The number of carbonyl (C=O) groups is 1. The molecule has 41 heavy (non-hydrogen) atoms. The van der Waals surface area contributed by atoms with Crippen LogP contribution in [-0.4, -0.2) is 45.2 Å². The zero-order valence-electron chi connectivity index (χ0n) is 23.2. The fourth-order valence-electron chi connectivity index (χ4n) is 4.23. The van der Waals surface area contributed by atoms with Crippen molar-refractivity contribution in [1.82, 2.24) is 25.1 Å². The van der Waals surface area contributed by atoms with Crippen molar-refractivity contribution in [2.75, 3.05) is 24.4 Å². The van der Waals surface area contributed by atoms with E-state index >= 15 is 0 Å². The van der Waals surface area contributed by atoms with Crippen molar-refractivity contribution in [3.8, 4) is 23.1 Å². The Kier molecular flexibility index (Phi) is 7.52. The Labute approximate surface area is 237 Å². The van der Waals surface area contributed by atoms with Crippen molar-refractivity contribution in [2.24, 2.45) is 0 Å². The van der Waals surface area contributed by atoms with Crippen LogP contribution in [0.1, 0.15) is 35.5 Å². The number of amides is 1. The van der Waals surface area contributed by atoms with E-state index in [0.717, 1.165) is 33.6 Å². The van der Waals surface area contributed by atoms with Crippen molar-refractivity contribution in [2.45, 2.75) is 25.8 Å². The molecule has 1 N–H and O–H groups in total. The average molecular weight is 545 g/mol. The lowest BCUT2D eigenvalue weighted by Crippen LogP contribution is -2.18. The number of benzene rings is 1. The number of ether oxygens (including phenoxy) is 1. The van der Waals surface area contributed by atoms with Crippen molar-refractivity contribution in [1.29, 1.82) is 5.26 Å². The maximum atomic E-state index is 12.9. The fourth-order valence-corrected chi connectivity index (χ4v) is 4.23. The molecule has 0 radical (unpaired) electrons. The highest BCUT2D eigenvalue weighted by atomic mass is 16.5. The highest BCUT2D eigenvalue weighted by Crippen LogP contribution is 2.26. The fraction of sp³-hybridized carbons (Fsp3) is 0.194. The second-order valence-electron chi connectivity index (χ2n) is 10.1. The van der Waals surface area contributed by atoms with Gasteiger partial charge in [-0.1, -0.05) is 12.1 Å². The third kappa shape index (κ3) is 6.09. The van der Waals surface area contributed by atoms with Crippen LogP contribution in [0.4, 0.5) is 11.5 Å². The van der Waals surface area contributed by atoms with Crippen LogP contribution < -0.4 is 15.0 Å². The van der Waals surface area contributed by atoms with Crippen LogP contribution in [0.25, 0.3) is 22.2 Å². The van der Waals surface area contributed by atoms with E-state index < -0.39 is 11.3 Å². The summed E-state index contributed by atoms with van der Waals surface area (Å²) in [5, 5.41) is 21.4. The molecule has 0 atom stereocenters. The van der Waals surface area contributed by atoms with E-state index in [-0.39, 0.29) is 5.69 Å². The van der Waals surface area contributed by atoms with Crippen molar-refractivity contribution >= 4 is 28.3 Å². The van der Waals surface area contributed by atoms with Crippen LogP contribution in [0.5, 0.6) is 5.75 Å². The minimum atomic E-state index is -0.742. The predicted octanol–water partition coefficient (Wildman–Crippen LogP) is 5.18. The monoisotopic (exact) mass is 544 g/mol. The maximum Gasteiger partial charge on any atom is 0.274 e. The van der Waals surface area contributed by atoms with Crippen LogP contribution in [0, 0.1) is 11.3 Å². The summed E-state index contributed by atoms with van der Waals surface area (Å²) < 4.78 is 5.24. The molecule has 1 amide bonds. The first kappa shape index (κ1) is 27.1. The number of carbonyl (C=O) groups excluding carboxylic acids is 1. The van der Waals surface area contributed by atoms with Crippen molar-refractivity contribution in [3.63, 3.8) is 0 Å². The van der Waals surface area contributed by atoms with Gasteiger partial charge in [0.15, 0.2) is 0 Å². The van der Waals surface area contributed by atoms with E-state index in [1.54, 1.807) is 51.6 Å². The van der Waals surface area contributed by atoms with Gasteiger partial charge < -0.3 is 15.0 Å². The summed E-state index contributed by atoms with van der Waals surface area (Å²) in [5.41, 5.74) is 3.84. The third-order valence-corrected chi connectivity index (χ3v) is 6.72. The standard InChI is InChI=1S/C31H28N8O2/c1-31(2,19-32)23-9-10-33-28(12-23)30(40)37-24-13-27(38-36-17-24)22-11-21-16-35-29(14-26(21)34-15-22)39(3)18-20-5-7-25(41-4)8-6-20/h5-17H,18H2,1-4H3,(H,37,38,40). The number of rotatable bonds is 8. The van der Waals surface area contributed by atoms with Gasteiger partial charge in [-0.05, 0) is 61.4 Å². The topological polar surface area (TPSA) is 130 Å². The molecule has 0 unspecified atom stereocenters. The molecule has 0 saturated carbocycles. The van der Waals surface area contributed by atoms with Crippen LogP contribution in [-0.2, 0) is 12.0 Å². The van der Waals surface area contributed by atoms with E-state index in [1.165, 1.54) is 12.4 Å². The maximum absolute atomic E-state index is 12.9. The molecule has 4 heterocycles. The summed E-state index contributed by atoms with van der Waals surface area (Å²) >= 11 is 0. The molecular formula is C31H28N8O2. The molecule has 204 valence electrons. The molecule has 4 aromatic heterocycles. The third-order valence-electron chi connectivity index (χ3n) is 6.72. The number of hydrogen-bond acceptors (Lipinski definition) is 9. The number of fused-ring (bicyclic) bond motifs is 1. The van der Waals surface area contributed by atoms with Gasteiger partial charge in [-0.2, -0.15) is 15.5 Å². The summed E-state index contributed by atoms with van der Waals surface area (Å²) in [5.74, 6) is 1.21. The zero-order valence-corrected chi connectivity index (χ0v) is 23.2. The first-order chi connectivity index (χ1) is 19.8. The zero-order chi connectivity index (χ0) is 29.0. The van der Waals surface area contributed by atoms with E-state index in [4.69, 9.17) is 4.74 Å². The number of anilines is 2. The first-order valence-corrected chi connectivity index (χ1v) is 12.9. The SMILES string of the molecule is COc1ccc(CN(C)c2cc3ncc(-c4cc(NC(=O)c5cc(C(C)(C)C#N)ccn5)cnn4)cc3cn2)cc1. The molecule has 10 heteroatoms. The van der Waals surface area contributed by atoms with Gasteiger partial charge in [-0.15, -0.1) is 0 Å². The number of methoxy groups -OCH3 is 1. The van der Waals surface area contributed by atoms with Crippen LogP contribution in [0.15, 0.2) is 79.4 Å². The Bertz CT molecular complexity index is 1760. The number of pyridine rings is 3. The largest absolute Gasteiger partial charge is 0.497 e. The lowest BCUT2D eigenvalue weighted by Gasteiger charge is -2.18. The number of nitriles is 1. The number of nitrogens with one attached hydrogen (secondary N) is 1. The molecule has 0 saturated heterocycles. The van der Waals surface area contributed by atoms with Gasteiger partial charge in [0.2, 0.25) is 0 Å². The number of nitrogens with zero attached hydrogens (tertiary/aromatic N) is 7. The molecule has 0 aliphatic heterocycles. The van der Waals surface area contributed by atoms with Gasteiger partial charge in [0, 0.05) is 49.2 Å². The molecule has 5 aromatic rings. The molecule has 1 aromatic carbocycles. The number of aromatic nitrogens is 5. The van der Waals surface area contributed by atoms with E-state index in [9.17, 15) is 10.1 Å². The summed E-state index contributed by atoms with van der Waals surface area (Å²) in [7, 11) is 3.64. The van der Waals surface area contributed by atoms with E-state index in [1.807, 2.05) is 43.4 Å². The minimum absolute atomic E-state index is 0.204. The first-order valence-electron chi connectivity index (χ1n) is 12.9. The molecule has 0 aliphatic carbocycles. The van der Waals surface area contributed by atoms with Crippen LogP contribution >= 0.6 is 0 Å². The lowest BCUT2D eigenvalue weighted by atomic mass is 9.86. The smallest absolute Gasteiger partial charge is 0.274 e. The molecule has 10 nitrogen and oxygen atoms in total. The Balaban J connectivity index is 1.32. The van der Waals surface area contributed by atoms with E-state index in [0.29, 0.717) is 23.5 Å². The van der Waals surface area contributed by atoms with E-state index in [2.05, 4.69) is 41.4 Å². The summed E-state index contributed by atoms with van der Waals surface area (Å²) in [4.78, 5) is 28.4. The average Bonchev–Trinajstić information content (AvgIpc) is 3.01. The Morgan fingerprint density at radius 2 is 1.83 bits per heavy atom. The van der Waals surface area contributed by atoms with Gasteiger partial charge in [0.05, 0.1) is 41.7 Å². The minimum Gasteiger partial charge on any atom is -0.497 e. The second kappa shape index (κ2) is 11.4. The van der Waals surface area contributed by atoms with Crippen molar-refractivity contribution in [3.05, 3.63) is 96.2 Å². The lowest BCUT2D eigenvalue weighted by molar-refractivity contribution is 0.102. The normalized spacial score (nSPS) is 11.1. The highest BCUT2D eigenvalue weighted by Gasteiger charge is 2.21. The van der Waals surface area contributed by atoms with Crippen molar-refractivity contribution < 1.29 is 9.53 Å². The summed E-state index contributed by atoms with van der Waals surface area (Å²) in [6, 6.07) is 19.1. The van der Waals surface area contributed by atoms with Gasteiger partial charge >= 0.3 is 0 Å². The van der Waals surface area contributed by atoms with Gasteiger partial charge in [0.1, 0.15) is 17.3 Å². The number of hydrogen-bond donors (Lipinski definition) is 1.